The van der Waals surface area contributed by atoms with Gasteiger partial charge in [0.15, 0.2) is 0 Å². The number of nitrogens with one attached hydrogen (secondary N) is 1. The van der Waals surface area contributed by atoms with Gasteiger partial charge in [0, 0.05) is 11.9 Å². The Morgan fingerprint density at radius 1 is 0.878 bits per heavy atom. The van der Waals surface area contributed by atoms with Crippen LogP contribution in [-0.4, -0.2) is 22.2 Å². The molecule has 15 heteroatoms. The number of ether oxygens (including phenoxy) is 1. The first-order valence-corrected chi connectivity index (χ1v) is 11.6. The minimum Gasteiger partial charge on any atom is -0.406 e. The highest BCUT2D eigenvalue weighted by molar-refractivity contribution is 6.09. The number of nitrogens with zero attached hydrogens (tertiary/aromatic N) is 3. The number of hydrogen-bond acceptors (Lipinski definition) is 5. The summed E-state index contributed by atoms with van der Waals surface area (Å²) in [5, 5.41) is 2.81. The van der Waals surface area contributed by atoms with Gasteiger partial charge >= 0.3 is 18.7 Å². The first-order valence-electron chi connectivity index (χ1n) is 11.6. The second-order valence-electron chi connectivity index (χ2n) is 9.38. The molecule has 4 rings (SSSR count). The molecule has 218 valence electrons. The molecule has 0 spiro atoms. The van der Waals surface area contributed by atoms with Crippen molar-refractivity contribution in [2.24, 2.45) is 0 Å². The zero-order valence-corrected chi connectivity index (χ0v) is 21.0. The van der Waals surface area contributed by atoms with Crippen molar-refractivity contribution < 1.29 is 49.0 Å². The Morgan fingerprint density at radius 3 is 2.12 bits per heavy atom. The van der Waals surface area contributed by atoms with Gasteiger partial charge in [0.2, 0.25) is 5.82 Å². The van der Waals surface area contributed by atoms with E-state index in [-0.39, 0.29) is 22.6 Å². The van der Waals surface area contributed by atoms with Crippen LogP contribution in [0.5, 0.6) is 5.75 Å². The van der Waals surface area contributed by atoms with Gasteiger partial charge in [-0.2, -0.15) is 26.3 Å². The lowest BCUT2D eigenvalue weighted by Crippen LogP contribution is -2.41. The lowest BCUT2D eigenvalue weighted by molar-refractivity contribution is -0.274. The number of alkyl halides is 9. The third-order valence-electron chi connectivity index (χ3n) is 5.95. The summed E-state index contributed by atoms with van der Waals surface area (Å²) in [7, 11) is 0. The molecule has 1 aliphatic rings. The highest BCUT2D eigenvalue weighted by Gasteiger charge is 2.40. The van der Waals surface area contributed by atoms with Crippen LogP contribution in [0.3, 0.4) is 0 Å². The van der Waals surface area contributed by atoms with Crippen LogP contribution in [0, 0.1) is 0 Å². The van der Waals surface area contributed by atoms with Gasteiger partial charge in [-0.25, -0.2) is 9.97 Å². The van der Waals surface area contributed by atoms with Crippen molar-refractivity contribution in [2.45, 2.75) is 44.1 Å². The molecule has 1 aliphatic heterocycles. The fourth-order valence-corrected chi connectivity index (χ4v) is 4.13. The van der Waals surface area contributed by atoms with Gasteiger partial charge in [-0.05, 0) is 68.0 Å². The lowest BCUT2D eigenvalue weighted by atomic mass is 9.99. The van der Waals surface area contributed by atoms with E-state index in [2.05, 4.69) is 20.0 Å². The van der Waals surface area contributed by atoms with E-state index in [1.165, 1.54) is 38.1 Å². The summed E-state index contributed by atoms with van der Waals surface area (Å²) >= 11 is 0. The smallest absolute Gasteiger partial charge is 0.406 e. The minimum atomic E-state index is -5.02. The van der Waals surface area contributed by atoms with E-state index >= 15 is 0 Å². The van der Waals surface area contributed by atoms with Gasteiger partial charge in [0.05, 0.1) is 28.5 Å². The molecule has 1 atom stereocenters. The topological polar surface area (TPSA) is 67.3 Å². The number of rotatable bonds is 6. The summed E-state index contributed by atoms with van der Waals surface area (Å²) in [6.45, 7) is 2.86. The Labute approximate surface area is 226 Å². The molecule has 0 fully saturated rings. The number of benzene rings is 2. The molecule has 0 radical (unpaired) electrons. The number of aromatic nitrogens is 2. The molecular formula is C26H19F9N4O2. The fourth-order valence-electron chi connectivity index (χ4n) is 4.13. The maximum Gasteiger partial charge on any atom is 0.573 e. The average molecular weight is 590 g/mol. The van der Waals surface area contributed by atoms with Crippen LogP contribution >= 0.6 is 0 Å². The van der Waals surface area contributed by atoms with Gasteiger partial charge in [-0.1, -0.05) is 12.1 Å². The molecule has 0 saturated heterocycles. The Kier molecular flexibility index (Phi) is 7.43. The van der Waals surface area contributed by atoms with Crippen LogP contribution in [0.2, 0.25) is 0 Å². The van der Waals surface area contributed by atoms with Crippen LogP contribution in [0.4, 0.5) is 45.2 Å². The molecule has 2 aromatic carbocycles. The van der Waals surface area contributed by atoms with Gasteiger partial charge in [-0.3, -0.25) is 9.69 Å². The van der Waals surface area contributed by atoms with Crippen LogP contribution in [0.25, 0.3) is 0 Å². The molecule has 0 bridgehead atoms. The van der Waals surface area contributed by atoms with E-state index < -0.39 is 53.3 Å². The van der Waals surface area contributed by atoms with E-state index in [1.807, 2.05) is 0 Å². The minimum absolute atomic E-state index is 0.0256. The Morgan fingerprint density at radius 2 is 1.54 bits per heavy atom. The lowest BCUT2D eigenvalue weighted by Gasteiger charge is -2.29. The van der Waals surface area contributed by atoms with Crippen molar-refractivity contribution in [1.29, 1.82) is 0 Å². The average Bonchev–Trinajstić information content (AvgIpc) is 3.17. The van der Waals surface area contributed by atoms with E-state index in [0.717, 1.165) is 47.5 Å². The first kappa shape index (κ1) is 29.7. The molecular weight excluding hydrogens is 571 g/mol. The van der Waals surface area contributed by atoms with Crippen LogP contribution in [-0.2, 0) is 22.7 Å². The maximum absolute atomic E-state index is 13.6. The number of carbonyl (C=O) groups is 1. The van der Waals surface area contributed by atoms with Gasteiger partial charge in [-0.15, -0.1) is 13.2 Å². The van der Waals surface area contributed by atoms with Crippen molar-refractivity contribution in [3.8, 4) is 5.75 Å². The van der Waals surface area contributed by atoms with Crippen LogP contribution in [0.15, 0.2) is 72.6 Å². The SMILES string of the molecule is CC(C)(NC1=CC(c2cccc(OC(F)(F)F)c2)N(c2ccc(C(F)(F)F)cc2)C1=O)c1ccnc(C(F)(F)F)n1. The molecule has 1 N–H and O–H groups in total. The number of carbonyl (C=O) groups excluding carboxylic acids is 1. The zero-order chi connectivity index (χ0) is 30.4. The molecule has 6 nitrogen and oxygen atoms in total. The molecule has 41 heavy (non-hydrogen) atoms. The summed E-state index contributed by atoms with van der Waals surface area (Å²) in [5.41, 5.74) is -2.65. The highest BCUT2D eigenvalue weighted by Crippen LogP contribution is 2.39. The molecule has 0 saturated carbocycles. The van der Waals surface area contributed by atoms with Crippen LogP contribution in [0.1, 0.15) is 42.5 Å². The van der Waals surface area contributed by atoms with Crippen LogP contribution < -0.4 is 15.0 Å². The number of amides is 1. The highest BCUT2D eigenvalue weighted by atomic mass is 19.4. The Hall–Kier alpha value is -4.30. The van der Waals surface area contributed by atoms with E-state index in [9.17, 15) is 44.3 Å². The van der Waals surface area contributed by atoms with Crippen molar-refractivity contribution in [2.75, 3.05) is 4.90 Å². The molecule has 2 heterocycles. The predicted octanol–water partition coefficient (Wildman–Crippen LogP) is 6.91. The first-order chi connectivity index (χ1) is 18.8. The number of hydrogen-bond donors (Lipinski definition) is 1. The molecule has 0 aliphatic carbocycles. The third kappa shape index (κ3) is 6.72. The normalized spacial score (nSPS) is 16.6. The summed E-state index contributed by atoms with van der Waals surface area (Å²) < 4.78 is 121. The number of halogens is 9. The quantitative estimate of drug-likeness (QED) is 0.316. The monoisotopic (exact) mass is 590 g/mol. The Balaban J connectivity index is 1.74. The second kappa shape index (κ2) is 10.3. The largest absolute Gasteiger partial charge is 0.573 e. The summed E-state index contributed by atoms with van der Waals surface area (Å²) in [6.07, 6.45) is -12.3. The van der Waals surface area contributed by atoms with Gasteiger partial charge < -0.3 is 10.1 Å². The summed E-state index contributed by atoms with van der Waals surface area (Å²) in [4.78, 5) is 21.3. The van der Waals surface area contributed by atoms with Gasteiger partial charge in [0.25, 0.3) is 5.91 Å². The third-order valence-corrected chi connectivity index (χ3v) is 5.95. The Bertz CT molecular complexity index is 1460. The van der Waals surface area contributed by atoms with E-state index in [4.69, 9.17) is 0 Å². The van der Waals surface area contributed by atoms with Gasteiger partial charge in [0.1, 0.15) is 5.75 Å². The number of anilines is 1. The zero-order valence-electron chi connectivity index (χ0n) is 21.0. The van der Waals surface area contributed by atoms with E-state index in [0.29, 0.717) is 0 Å². The summed E-state index contributed by atoms with van der Waals surface area (Å²) in [5.74, 6) is -2.83. The fraction of sp³-hybridized carbons (Fsp3) is 0.269. The predicted molar refractivity (Wildman–Crippen MR) is 126 cm³/mol. The van der Waals surface area contributed by atoms with Crippen molar-refractivity contribution in [1.82, 2.24) is 15.3 Å². The molecule has 1 aromatic heterocycles. The summed E-state index contributed by atoms with van der Waals surface area (Å²) in [6, 6.07) is 8.21. The van der Waals surface area contributed by atoms with Crippen molar-refractivity contribution in [3.63, 3.8) is 0 Å². The van der Waals surface area contributed by atoms with Crippen molar-refractivity contribution in [3.05, 3.63) is 95.2 Å². The second-order valence-corrected chi connectivity index (χ2v) is 9.38. The molecule has 3 aromatic rings. The van der Waals surface area contributed by atoms with E-state index in [1.54, 1.807) is 0 Å². The molecule has 1 unspecified atom stereocenters. The standard InChI is InChI=1S/C26H19F9N4O2/c1-23(2,20-10-11-36-22(37-20)25(30,31)32)38-18-13-19(14-4-3-5-17(12-14)41-26(33,34)35)39(21(18)40)16-8-6-15(7-9-16)24(27,28)29/h3-13,19,38H,1-2H3. The molecule has 1 amide bonds. The van der Waals surface area contributed by atoms with Crippen molar-refractivity contribution >= 4 is 11.6 Å². The maximum atomic E-state index is 13.6.